The van der Waals surface area contributed by atoms with E-state index in [1.807, 2.05) is 12.1 Å². The fraction of sp³-hybridized carbons (Fsp3) is 0.107. The molecule has 1 aromatic heterocycles. The molecule has 0 radical (unpaired) electrons. The Hall–Kier alpha value is -4.59. The summed E-state index contributed by atoms with van der Waals surface area (Å²) < 4.78 is 32.2. The normalized spacial score (nSPS) is 13.6. The molecule has 0 saturated carbocycles. The molecule has 0 atom stereocenters. The van der Waals surface area contributed by atoms with Crippen LogP contribution in [0.5, 0.6) is 5.75 Å². The number of carbonyl (C=O) groups excluding carboxylic acids is 2. The molecule has 0 spiro atoms. The molecule has 2 N–H and O–H groups in total. The summed E-state index contributed by atoms with van der Waals surface area (Å²) in [6, 6.07) is 16.7. The monoisotopic (exact) mass is 486 g/mol. The number of ether oxygens (including phenoxy) is 1. The van der Waals surface area contributed by atoms with Crippen LogP contribution in [0.4, 0.5) is 14.5 Å². The standard InChI is InChI=1S/C28H20F2N2O4/c29-18-8-12-24(22(30)14-18)31-25(34)15-36-28(35)26-20-3-1-2-4-23(20)32-27-17(7-11-21(26)27)13-16-5-9-19(33)10-6-16/h1-6,8-10,12-14,33H,7,11,15H2,(H,31,34). The van der Waals surface area contributed by atoms with E-state index in [1.54, 1.807) is 42.5 Å². The lowest BCUT2D eigenvalue weighted by molar-refractivity contribution is -0.119. The van der Waals surface area contributed by atoms with Gasteiger partial charge in [0, 0.05) is 11.5 Å². The largest absolute Gasteiger partial charge is 0.508 e. The Bertz CT molecular complexity index is 1530. The fourth-order valence-electron chi connectivity index (χ4n) is 4.26. The number of allylic oxidation sites excluding steroid dienone is 1. The summed E-state index contributed by atoms with van der Waals surface area (Å²) in [5.41, 5.74) is 3.99. The van der Waals surface area contributed by atoms with Crippen molar-refractivity contribution in [1.82, 2.24) is 4.98 Å². The van der Waals surface area contributed by atoms with Crippen LogP contribution in [-0.2, 0) is 16.0 Å². The van der Waals surface area contributed by atoms with E-state index in [0.29, 0.717) is 41.1 Å². The summed E-state index contributed by atoms with van der Waals surface area (Å²) in [6.45, 7) is -0.642. The van der Waals surface area contributed by atoms with Crippen molar-refractivity contribution in [2.24, 2.45) is 0 Å². The third kappa shape index (κ3) is 4.65. The van der Waals surface area contributed by atoms with E-state index in [0.717, 1.165) is 28.8 Å². The van der Waals surface area contributed by atoms with Crippen molar-refractivity contribution in [1.29, 1.82) is 0 Å². The molecule has 5 rings (SSSR count). The van der Waals surface area contributed by atoms with Crippen LogP contribution in [0.1, 0.15) is 33.6 Å². The van der Waals surface area contributed by atoms with Crippen molar-refractivity contribution >= 4 is 40.1 Å². The van der Waals surface area contributed by atoms with Gasteiger partial charge in [-0.3, -0.25) is 4.79 Å². The van der Waals surface area contributed by atoms with Gasteiger partial charge in [-0.2, -0.15) is 0 Å². The second-order valence-electron chi connectivity index (χ2n) is 8.34. The second-order valence-corrected chi connectivity index (χ2v) is 8.34. The van der Waals surface area contributed by atoms with E-state index in [2.05, 4.69) is 5.32 Å². The van der Waals surface area contributed by atoms with Gasteiger partial charge >= 0.3 is 5.97 Å². The van der Waals surface area contributed by atoms with Crippen molar-refractivity contribution in [3.63, 3.8) is 0 Å². The fourth-order valence-corrected chi connectivity index (χ4v) is 4.26. The Labute approximate surface area is 204 Å². The van der Waals surface area contributed by atoms with Gasteiger partial charge in [-0.15, -0.1) is 0 Å². The Morgan fingerprint density at radius 2 is 1.81 bits per heavy atom. The Morgan fingerprint density at radius 3 is 2.58 bits per heavy atom. The number of phenolic OH excluding ortho intramolecular Hbond substituents is 1. The predicted octanol–water partition coefficient (Wildman–Crippen LogP) is 5.50. The number of para-hydroxylation sites is 1. The average Bonchev–Trinajstić information content (AvgIpc) is 3.26. The quantitative estimate of drug-likeness (QED) is 0.364. The Morgan fingerprint density at radius 1 is 1.03 bits per heavy atom. The number of halogens is 2. The second kappa shape index (κ2) is 9.58. The molecule has 6 nitrogen and oxygen atoms in total. The van der Waals surface area contributed by atoms with Crippen LogP contribution in [0.25, 0.3) is 22.6 Å². The number of hydrogen-bond donors (Lipinski definition) is 2. The molecule has 0 unspecified atom stereocenters. The molecule has 0 saturated heterocycles. The van der Waals surface area contributed by atoms with Crippen LogP contribution < -0.4 is 5.32 Å². The number of esters is 1. The summed E-state index contributed by atoms with van der Waals surface area (Å²) in [7, 11) is 0. The molecule has 0 fully saturated rings. The number of hydrogen-bond acceptors (Lipinski definition) is 5. The number of nitrogens with one attached hydrogen (secondary N) is 1. The van der Waals surface area contributed by atoms with Crippen LogP contribution in [0.2, 0.25) is 0 Å². The van der Waals surface area contributed by atoms with Crippen molar-refractivity contribution < 1.29 is 28.2 Å². The number of nitrogens with zero attached hydrogens (tertiary/aromatic N) is 1. The molecule has 1 amide bonds. The van der Waals surface area contributed by atoms with Crippen LogP contribution in [0.3, 0.4) is 0 Å². The zero-order valence-corrected chi connectivity index (χ0v) is 18.9. The number of aromatic hydroxyl groups is 1. The van der Waals surface area contributed by atoms with Crippen LogP contribution >= 0.6 is 0 Å². The summed E-state index contributed by atoms with van der Waals surface area (Å²) in [5.74, 6) is -2.97. The van der Waals surface area contributed by atoms with Crippen molar-refractivity contribution in [2.75, 3.05) is 11.9 Å². The lowest BCUT2D eigenvalue weighted by Crippen LogP contribution is -2.22. The maximum absolute atomic E-state index is 13.8. The SMILES string of the molecule is O=C(COC(=O)c1c2c(nc3ccccc13)C(=Cc1ccc(O)cc1)CC2)Nc1ccc(F)cc1F. The highest BCUT2D eigenvalue weighted by Gasteiger charge is 2.28. The highest BCUT2D eigenvalue weighted by Crippen LogP contribution is 2.38. The maximum atomic E-state index is 13.8. The van der Waals surface area contributed by atoms with Gasteiger partial charge in [0.05, 0.1) is 22.5 Å². The molecular weight excluding hydrogens is 466 g/mol. The molecule has 4 aromatic rings. The minimum absolute atomic E-state index is 0.171. The number of benzene rings is 3. The maximum Gasteiger partial charge on any atom is 0.339 e. The van der Waals surface area contributed by atoms with Gasteiger partial charge < -0.3 is 15.2 Å². The van der Waals surface area contributed by atoms with Crippen LogP contribution in [-0.4, -0.2) is 28.6 Å². The predicted molar refractivity (Wildman–Crippen MR) is 131 cm³/mol. The summed E-state index contributed by atoms with van der Waals surface area (Å²) in [6.07, 6.45) is 3.19. The number of aromatic nitrogens is 1. The lowest BCUT2D eigenvalue weighted by Gasteiger charge is -2.13. The average molecular weight is 486 g/mol. The van der Waals surface area contributed by atoms with Gasteiger partial charge in [-0.05, 0) is 65.9 Å². The first-order valence-electron chi connectivity index (χ1n) is 11.2. The van der Waals surface area contributed by atoms with Gasteiger partial charge in [-0.1, -0.05) is 30.3 Å². The van der Waals surface area contributed by atoms with Crippen molar-refractivity contribution in [3.05, 3.63) is 101 Å². The number of anilines is 1. The highest BCUT2D eigenvalue weighted by atomic mass is 19.1. The first kappa shape index (κ1) is 23.2. The summed E-state index contributed by atoms with van der Waals surface area (Å²) >= 11 is 0. The van der Waals surface area contributed by atoms with E-state index >= 15 is 0 Å². The molecule has 1 heterocycles. The number of phenols is 1. The van der Waals surface area contributed by atoms with E-state index < -0.39 is 30.1 Å². The van der Waals surface area contributed by atoms with E-state index in [9.17, 15) is 23.5 Å². The first-order chi connectivity index (χ1) is 17.4. The van der Waals surface area contributed by atoms with Gasteiger partial charge in [0.25, 0.3) is 5.91 Å². The third-order valence-corrected chi connectivity index (χ3v) is 5.92. The summed E-state index contributed by atoms with van der Waals surface area (Å²) in [4.78, 5) is 30.2. The number of carbonyl (C=O) groups is 2. The molecule has 8 heteroatoms. The third-order valence-electron chi connectivity index (χ3n) is 5.92. The van der Waals surface area contributed by atoms with Crippen LogP contribution in [0.15, 0.2) is 66.7 Å². The van der Waals surface area contributed by atoms with Gasteiger partial charge in [-0.25, -0.2) is 18.6 Å². The first-order valence-corrected chi connectivity index (χ1v) is 11.2. The number of fused-ring (bicyclic) bond motifs is 2. The number of rotatable bonds is 5. The zero-order chi connectivity index (χ0) is 25.2. The number of pyridine rings is 1. The molecule has 1 aliphatic rings. The van der Waals surface area contributed by atoms with Gasteiger partial charge in [0.2, 0.25) is 0 Å². The van der Waals surface area contributed by atoms with E-state index in [-0.39, 0.29) is 11.4 Å². The number of amides is 1. The van der Waals surface area contributed by atoms with E-state index in [1.165, 1.54) is 0 Å². The Balaban J connectivity index is 1.42. The summed E-state index contributed by atoms with van der Waals surface area (Å²) in [5, 5.41) is 12.4. The van der Waals surface area contributed by atoms with Gasteiger partial charge in [0.15, 0.2) is 6.61 Å². The van der Waals surface area contributed by atoms with Crippen molar-refractivity contribution in [2.45, 2.75) is 12.8 Å². The molecule has 36 heavy (non-hydrogen) atoms. The zero-order valence-electron chi connectivity index (χ0n) is 18.9. The van der Waals surface area contributed by atoms with Crippen LogP contribution in [0, 0.1) is 11.6 Å². The van der Waals surface area contributed by atoms with Crippen molar-refractivity contribution in [3.8, 4) is 5.75 Å². The molecule has 3 aromatic carbocycles. The van der Waals surface area contributed by atoms with E-state index in [4.69, 9.17) is 9.72 Å². The molecule has 0 bridgehead atoms. The molecular formula is C28H20F2N2O4. The lowest BCUT2D eigenvalue weighted by atomic mass is 10.0. The van der Waals surface area contributed by atoms with Gasteiger partial charge in [0.1, 0.15) is 17.4 Å². The minimum atomic E-state index is -0.930. The molecule has 1 aliphatic carbocycles. The minimum Gasteiger partial charge on any atom is -0.508 e. The highest BCUT2D eigenvalue weighted by molar-refractivity contribution is 6.08. The Kier molecular flexibility index (Phi) is 6.16. The smallest absolute Gasteiger partial charge is 0.339 e. The molecule has 180 valence electrons. The molecule has 0 aliphatic heterocycles. The topological polar surface area (TPSA) is 88.5 Å².